The van der Waals surface area contributed by atoms with Gasteiger partial charge in [0.25, 0.3) is 0 Å². The Balaban J connectivity index is 2.76. The zero-order chi connectivity index (χ0) is 13.2. The Bertz CT molecular complexity index is 328. The van der Waals surface area contributed by atoms with Crippen LogP contribution in [0.15, 0.2) is 0 Å². The fourth-order valence-electron chi connectivity index (χ4n) is 2.44. The van der Waals surface area contributed by atoms with Crippen molar-refractivity contribution in [1.82, 2.24) is 4.90 Å². The van der Waals surface area contributed by atoms with Crippen LogP contribution in [0, 0.1) is 11.8 Å². The molecule has 0 aromatic heterocycles. The molecular weight excluding hydrogens is 238 g/mol. The summed E-state index contributed by atoms with van der Waals surface area (Å²) in [6, 6.07) is -0.218. The van der Waals surface area contributed by atoms with E-state index in [9.17, 15) is 13.5 Å². The van der Waals surface area contributed by atoms with Gasteiger partial charge in [0.05, 0.1) is 23.7 Å². The van der Waals surface area contributed by atoms with Crippen molar-refractivity contribution in [2.75, 3.05) is 24.6 Å². The van der Waals surface area contributed by atoms with E-state index in [2.05, 4.69) is 32.6 Å². The quantitative estimate of drug-likeness (QED) is 0.795. The molecule has 0 bridgehead atoms. The minimum atomic E-state index is -3.05. The highest BCUT2D eigenvalue weighted by Crippen LogP contribution is 2.20. The molecule has 1 rings (SSSR count). The Morgan fingerprint density at radius 3 is 1.88 bits per heavy atom. The van der Waals surface area contributed by atoms with Gasteiger partial charge in [-0.3, -0.25) is 4.90 Å². The summed E-state index contributed by atoms with van der Waals surface area (Å²) in [7, 11) is -3.05. The molecular formula is C12H25NO3S. The second-order valence-electron chi connectivity index (χ2n) is 5.95. The third-order valence-electron chi connectivity index (χ3n) is 2.96. The Morgan fingerprint density at radius 2 is 1.59 bits per heavy atom. The minimum absolute atomic E-state index is 0.0790. The highest BCUT2D eigenvalue weighted by atomic mass is 32.2. The summed E-state index contributed by atoms with van der Waals surface area (Å²) in [5, 5.41) is 9.90. The van der Waals surface area contributed by atoms with Crippen LogP contribution in [0.2, 0.25) is 0 Å². The number of nitrogens with zero attached hydrogens (tertiary/aromatic N) is 1. The van der Waals surface area contributed by atoms with E-state index in [0.29, 0.717) is 11.8 Å². The van der Waals surface area contributed by atoms with Gasteiger partial charge in [-0.2, -0.15) is 0 Å². The first kappa shape index (κ1) is 14.9. The van der Waals surface area contributed by atoms with Gasteiger partial charge in [0.15, 0.2) is 9.84 Å². The lowest BCUT2D eigenvalue weighted by atomic mass is 10.1. The number of aliphatic hydroxyl groups excluding tert-OH is 1. The minimum Gasteiger partial charge on any atom is -0.390 e. The van der Waals surface area contributed by atoms with E-state index in [-0.39, 0.29) is 17.5 Å². The van der Waals surface area contributed by atoms with Gasteiger partial charge in [-0.1, -0.05) is 27.7 Å². The van der Waals surface area contributed by atoms with Crippen molar-refractivity contribution < 1.29 is 13.5 Å². The standard InChI is InChI=1S/C12H25NO3S/c1-9(2)5-13(6-10(3)4)11-7-17(15,16)8-12(11)14/h9-12,14H,5-8H2,1-4H3/t11-,12+/m0/s1. The Morgan fingerprint density at radius 1 is 1.12 bits per heavy atom. The maximum absolute atomic E-state index is 11.5. The Kier molecular flexibility index (Phi) is 4.98. The van der Waals surface area contributed by atoms with Crippen LogP contribution >= 0.6 is 0 Å². The number of hydrogen-bond acceptors (Lipinski definition) is 4. The molecule has 0 radical (unpaired) electrons. The molecule has 0 unspecified atom stereocenters. The Labute approximate surface area is 105 Å². The normalized spacial score (nSPS) is 28.5. The van der Waals surface area contributed by atoms with Gasteiger partial charge < -0.3 is 5.11 Å². The van der Waals surface area contributed by atoms with Crippen LogP contribution in [0.5, 0.6) is 0 Å². The molecule has 0 aromatic rings. The maximum Gasteiger partial charge on any atom is 0.154 e. The molecule has 0 saturated carbocycles. The fourth-order valence-corrected chi connectivity index (χ4v) is 4.27. The summed E-state index contributed by atoms with van der Waals surface area (Å²) in [4.78, 5) is 2.14. The highest BCUT2D eigenvalue weighted by Gasteiger charge is 2.40. The van der Waals surface area contributed by atoms with Gasteiger partial charge in [-0.15, -0.1) is 0 Å². The summed E-state index contributed by atoms with van der Waals surface area (Å²) >= 11 is 0. The number of hydrogen-bond donors (Lipinski definition) is 1. The molecule has 1 aliphatic rings. The van der Waals surface area contributed by atoms with Crippen LogP contribution < -0.4 is 0 Å². The van der Waals surface area contributed by atoms with Crippen LogP contribution in [-0.4, -0.2) is 55.2 Å². The monoisotopic (exact) mass is 263 g/mol. The molecule has 17 heavy (non-hydrogen) atoms. The predicted octanol–water partition coefficient (Wildman–Crippen LogP) is 0.758. The average Bonchev–Trinajstić information content (AvgIpc) is 2.36. The SMILES string of the molecule is CC(C)CN(CC(C)C)[C@H]1CS(=O)(=O)C[C@H]1O. The van der Waals surface area contributed by atoms with Crippen molar-refractivity contribution >= 4 is 9.84 Å². The smallest absolute Gasteiger partial charge is 0.154 e. The first-order valence-electron chi connectivity index (χ1n) is 6.34. The second kappa shape index (κ2) is 5.67. The van der Waals surface area contributed by atoms with Gasteiger partial charge in [-0.05, 0) is 11.8 Å². The molecule has 0 aliphatic carbocycles. The van der Waals surface area contributed by atoms with Crippen molar-refractivity contribution in [2.45, 2.75) is 39.8 Å². The van der Waals surface area contributed by atoms with E-state index in [1.165, 1.54) is 0 Å². The van der Waals surface area contributed by atoms with Crippen LogP contribution in [-0.2, 0) is 9.84 Å². The lowest BCUT2D eigenvalue weighted by Crippen LogP contribution is -2.46. The van der Waals surface area contributed by atoms with Crippen LogP contribution in [0.3, 0.4) is 0 Å². The van der Waals surface area contributed by atoms with E-state index in [1.807, 2.05) is 0 Å². The van der Waals surface area contributed by atoms with Gasteiger partial charge in [0.2, 0.25) is 0 Å². The molecule has 0 aromatic carbocycles. The molecule has 1 fully saturated rings. The summed E-state index contributed by atoms with van der Waals surface area (Å²) in [5.74, 6) is 0.978. The lowest BCUT2D eigenvalue weighted by Gasteiger charge is -2.32. The second-order valence-corrected chi connectivity index (χ2v) is 8.11. The maximum atomic E-state index is 11.5. The molecule has 1 heterocycles. The van der Waals surface area contributed by atoms with Crippen molar-refractivity contribution in [3.8, 4) is 0 Å². The first-order valence-corrected chi connectivity index (χ1v) is 8.16. The van der Waals surface area contributed by atoms with Crippen LogP contribution in [0.4, 0.5) is 0 Å². The van der Waals surface area contributed by atoms with Crippen molar-refractivity contribution in [3.05, 3.63) is 0 Å². The van der Waals surface area contributed by atoms with Crippen molar-refractivity contribution in [3.63, 3.8) is 0 Å². The summed E-state index contributed by atoms with van der Waals surface area (Å²) in [5.41, 5.74) is 0. The van der Waals surface area contributed by atoms with E-state index >= 15 is 0 Å². The molecule has 102 valence electrons. The first-order chi connectivity index (χ1) is 7.71. The van der Waals surface area contributed by atoms with Crippen molar-refractivity contribution in [2.24, 2.45) is 11.8 Å². The topological polar surface area (TPSA) is 57.6 Å². The third-order valence-corrected chi connectivity index (χ3v) is 4.66. The number of sulfone groups is 1. The predicted molar refractivity (Wildman–Crippen MR) is 69.7 cm³/mol. The van der Waals surface area contributed by atoms with Crippen LogP contribution in [0.25, 0.3) is 0 Å². The molecule has 0 spiro atoms. The van der Waals surface area contributed by atoms with Crippen molar-refractivity contribution in [1.29, 1.82) is 0 Å². The Hall–Kier alpha value is -0.130. The molecule has 5 heteroatoms. The fraction of sp³-hybridized carbons (Fsp3) is 1.00. The lowest BCUT2D eigenvalue weighted by molar-refractivity contribution is 0.0677. The zero-order valence-corrected chi connectivity index (χ0v) is 12.1. The van der Waals surface area contributed by atoms with E-state index in [4.69, 9.17) is 0 Å². The number of rotatable bonds is 5. The molecule has 1 aliphatic heterocycles. The summed E-state index contributed by atoms with van der Waals surface area (Å²) < 4.78 is 23.1. The van der Waals surface area contributed by atoms with Gasteiger partial charge in [-0.25, -0.2) is 8.42 Å². The number of aliphatic hydroxyl groups is 1. The van der Waals surface area contributed by atoms with E-state index < -0.39 is 15.9 Å². The van der Waals surface area contributed by atoms with E-state index in [0.717, 1.165) is 13.1 Å². The average molecular weight is 263 g/mol. The molecule has 0 amide bonds. The molecule has 4 nitrogen and oxygen atoms in total. The highest BCUT2D eigenvalue weighted by molar-refractivity contribution is 7.91. The van der Waals surface area contributed by atoms with Gasteiger partial charge >= 0.3 is 0 Å². The summed E-state index contributed by atoms with van der Waals surface area (Å²) in [6.07, 6.45) is -0.725. The molecule has 1 N–H and O–H groups in total. The zero-order valence-electron chi connectivity index (χ0n) is 11.3. The van der Waals surface area contributed by atoms with E-state index in [1.54, 1.807) is 0 Å². The third kappa shape index (κ3) is 4.56. The van der Waals surface area contributed by atoms with Gasteiger partial charge in [0, 0.05) is 13.1 Å². The summed E-state index contributed by atoms with van der Waals surface area (Å²) in [6.45, 7) is 10.1. The van der Waals surface area contributed by atoms with Gasteiger partial charge in [0.1, 0.15) is 0 Å². The molecule has 2 atom stereocenters. The largest absolute Gasteiger partial charge is 0.390 e. The van der Waals surface area contributed by atoms with Crippen LogP contribution in [0.1, 0.15) is 27.7 Å². The molecule has 1 saturated heterocycles.